The molecular weight excluding hydrogens is 1360 g/mol. The van der Waals surface area contributed by atoms with Crippen molar-refractivity contribution in [2.24, 2.45) is 256 Å². The predicted octanol–water partition coefficient (Wildman–Crippen LogP) is 26.2. The lowest BCUT2D eigenvalue weighted by Crippen LogP contribution is -2.65. The number of rotatable bonds is 16. The molecule has 16 aliphatic rings. The van der Waals surface area contributed by atoms with E-state index in [9.17, 15) is 15.3 Å². The average Bonchev–Trinajstić information content (AvgIpc) is 1.40. The Kier molecular flexibility index (Phi) is 27.8. The van der Waals surface area contributed by atoms with E-state index in [1.54, 1.807) is 19.3 Å². The fraction of sp³-hybridized carbons (Fsp3) is 1.00. The molecule has 6 heteroatoms. The van der Waals surface area contributed by atoms with Gasteiger partial charge in [0.15, 0.2) is 0 Å². The minimum absolute atomic E-state index is 0.210. The molecule has 0 aromatic heterocycles. The second-order valence-corrected chi connectivity index (χ2v) is 49.8. The number of aliphatic hydroxyl groups is 3. The van der Waals surface area contributed by atoms with E-state index in [0.717, 1.165) is 205 Å². The van der Waals surface area contributed by atoms with E-state index in [-0.39, 0.29) is 11.5 Å². The molecule has 44 atom stereocenters. The van der Waals surface area contributed by atoms with Crippen LogP contribution in [-0.2, 0) is 0 Å². The minimum atomic E-state index is 0.210. The quantitative estimate of drug-likeness (QED) is 0.0910. The Labute approximate surface area is 694 Å². The molecule has 16 saturated carbocycles. The fourth-order valence-corrected chi connectivity index (χ4v) is 38.4. The molecule has 0 unspecified atom stereocenters. The second kappa shape index (κ2) is 34.8. The lowest BCUT2D eigenvalue weighted by atomic mass is 9.40. The third-order valence-corrected chi connectivity index (χ3v) is 45.1. The van der Waals surface area contributed by atoms with Crippen LogP contribution in [0.4, 0.5) is 0 Å². The number of hydrogen-bond donors (Lipinski definition) is 6. The SMILES string of the molecule is CCCC[C@@H](C)[C@H]1CC[C@H]2[C@@H]3[C@H](C)C[C@@H]4C[C@H](C)CC[C@]4(C)[C@H]3C[C@H](C)[C@]12C.C[C@@H]1CC[C@@]2(C)[C@@H](C1)C[C@@H](C)[C@@H]1[C@@H]2C[C@H](C)[C@]2(C)[C@@H]([C@H](C)CCCO)CC[C@@H]12.C[C@@H]1CC[C@@]2(C)[C@@H](C1)C[C@@H](C)[C@@H]1[C@@H]2C[C@H](C)[C@]2(C)[C@@H]([C@H](C)CCCO)CC[C@@H]12.C[C@H](CCCO)[C@H]1CC[C@H]2[C@@H]3[C@H](N)C[C@@H]4C[C@H](N)CC[C@]4(C)[C@H]3C[C@H](N)[C@]12C. The zero-order valence-corrected chi connectivity index (χ0v) is 78.1. The molecule has 0 bridgehead atoms. The molecule has 9 N–H and O–H groups in total. The van der Waals surface area contributed by atoms with Crippen LogP contribution in [0.1, 0.15) is 390 Å². The third kappa shape index (κ3) is 15.3. The monoisotopic (exact) mass is 1550 g/mol. The van der Waals surface area contributed by atoms with Crippen molar-refractivity contribution in [3.8, 4) is 0 Å². The molecule has 0 radical (unpaired) electrons. The van der Waals surface area contributed by atoms with Crippen LogP contribution in [0.5, 0.6) is 0 Å². The normalized spacial score (nSPS) is 54.5. The summed E-state index contributed by atoms with van der Waals surface area (Å²) in [5.41, 5.74) is 24.6. The Morgan fingerprint density at radius 2 is 0.589 bits per heavy atom. The minimum Gasteiger partial charge on any atom is -0.396 e. The Bertz CT molecular complexity index is 2630. The summed E-state index contributed by atoms with van der Waals surface area (Å²) in [6.45, 7) is 58.2. The van der Waals surface area contributed by atoms with Gasteiger partial charge in [-0.25, -0.2) is 0 Å². The highest BCUT2D eigenvalue weighted by Gasteiger charge is 2.70. The number of aliphatic hydroxyl groups excluding tert-OH is 3. The molecule has 16 rings (SSSR count). The van der Waals surface area contributed by atoms with Crippen LogP contribution in [-0.4, -0.2) is 53.3 Å². The fourth-order valence-electron chi connectivity index (χ4n) is 38.4. The van der Waals surface area contributed by atoms with Crippen molar-refractivity contribution in [2.45, 2.75) is 408 Å². The summed E-state index contributed by atoms with van der Waals surface area (Å²) in [5, 5.41) is 28.0. The van der Waals surface area contributed by atoms with Gasteiger partial charge in [-0.15, -0.1) is 0 Å². The van der Waals surface area contributed by atoms with Crippen molar-refractivity contribution >= 4 is 0 Å². The molecule has 0 amide bonds. The van der Waals surface area contributed by atoms with E-state index in [4.69, 9.17) is 17.2 Å². The van der Waals surface area contributed by atoms with Crippen LogP contribution < -0.4 is 17.2 Å². The maximum atomic E-state index is 9.35. The zero-order valence-electron chi connectivity index (χ0n) is 78.1. The van der Waals surface area contributed by atoms with Crippen LogP contribution in [0.25, 0.3) is 0 Å². The average molecular weight is 1560 g/mol. The first-order valence-electron chi connectivity index (χ1n) is 51.0. The first kappa shape index (κ1) is 89.5. The number of fused-ring (bicyclic) bond motifs is 20. The van der Waals surface area contributed by atoms with Gasteiger partial charge in [0.25, 0.3) is 0 Å². The van der Waals surface area contributed by atoms with Gasteiger partial charge in [-0.1, -0.05) is 191 Å². The highest BCUT2D eigenvalue weighted by atomic mass is 16.3. The maximum absolute atomic E-state index is 9.35. The summed E-state index contributed by atoms with van der Waals surface area (Å²) in [5.74, 6) is 29.5. The van der Waals surface area contributed by atoms with Crippen molar-refractivity contribution in [3.63, 3.8) is 0 Å². The van der Waals surface area contributed by atoms with Crippen molar-refractivity contribution in [2.75, 3.05) is 19.8 Å². The van der Waals surface area contributed by atoms with Gasteiger partial charge >= 0.3 is 0 Å². The number of unbranched alkanes of at least 4 members (excludes halogenated alkanes) is 1. The van der Waals surface area contributed by atoms with Crippen LogP contribution in [0.15, 0.2) is 0 Å². The van der Waals surface area contributed by atoms with E-state index in [2.05, 4.69) is 152 Å². The van der Waals surface area contributed by atoms with Crippen LogP contribution >= 0.6 is 0 Å². The molecule has 0 saturated heterocycles. The van der Waals surface area contributed by atoms with Crippen molar-refractivity contribution < 1.29 is 15.3 Å². The van der Waals surface area contributed by atoms with E-state index in [1.807, 2.05) is 0 Å². The molecule has 0 aromatic rings. The van der Waals surface area contributed by atoms with E-state index >= 15 is 0 Å². The summed E-state index contributed by atoms with van der Waals surface area (Å²) in [6, 6.07) is 0.963. The van der Waals surface area contributed by atoms with Crippen LogP contribution in [0.3, 0.4) is 0 Å². The molecule has 0 spiro atoms. The molecule has 16 fully saturated rings. The van der Waals surface area contributed by atoms with Crippen LogP contribution in [0.2, 0.25) is 0 Å². The van der Waals surface area contributed by atoms with Crippen molar-refractivity contribution in [3.05, 3.63) is 0 Å². The Balaban J connectivity index is 0.000000131. The van der Waals surface area contributed by atoms with E-state index in [0.29, 0.717) is 105 Å². The summed E-state index contributed by atoms with van der Waals surface area (Å²) in [6.07, 6.45) is 50.8. The summed E-state index contributed by atoms with van der Waals surface area (Å²) < 4.78 is 0. The second-order valence-electron chi connectivity index (χ2n) is 49.8. The van der Waals surface area contributed by atoms with Gasteiger partial charge in [0, 0.05) is 37.9 Å². The van der Waals surface area contributed by atoms with Crippen molar-refractivity contribution in [1.29, 1.82) is 0 Å². The lowest BCUT2D eigenvalue weighted by molar-refractivity contribution is -0.162. The van der Waals surface area contributed by atoms with Crippen molar-refractivity contribution in [1.82, 2.24) is 0 Å². The Hall–Kier alpha value is -0.240. The standard InChI is InChI=1S/C28H50.2C27H48O.C24H45N3O/c1-8-9-10-19(3)23-11-12-24-26-20(4)16-22-15-18(2)13-14-27(22,6)25(26)17-21(5)28(23,24)7;2*1-17-11-12-26(5)21(14-17)15-19(3)25-23-10-9-22(18(2)8-7-13-28)27(23,6)20(4)16-24(25)26;1-14(5-4-10-28)17-6-7-18-22-19(13-21(27)24(17,18)3)23(2)9-8-16(25)11-15(23)12-20(22)26/h18-26H,8-17H2,1-7H3;2*17-25,28H,7-16H2,1-6H3;14-22,28H,4-13,25-27H2,1-3H3/t18-,19-,20-,21+,22+,23-,24+,25+,26+,27+,28-;2*17-,18-,19-,20+,21+,22-,23+,24+,25+,26+,27-;14-,15+,16-,17-,18+,19+,20-,21+,22+,23+,24-/m1111/s1. The summed E-state index contributed by atoms with van der Waals surface area (Å²) >= 11 is 0. The molecule has 0 aliphatic heterocycles. The van der Waals surface area contributed by atoms with E-state index < -0.39 is 0 Å². The molecule has 0 aromatic carbocycles. The van der Waals surface area contributed by atoms with Gasteiger partial charge in [0.1, 0.15) is 0 Å². The van der Waals surface area contributed by atoms with Gasteiger partial charge in [-0.2, -0.15) is 0 Å². The molecule has 6 nitrogen and oxygen atoms in total. The molecule has 16 aliphatic carbocycles. The molecular formula is C106H191N3O3. The van der Waals surface area contributed by atoms with E-state index in [1.165, 1.54) is 173 Å². The van der Waals surface area contributed by atoms with Gasteiger partial charge < -0.3 is 32.5 Å². The first-order chi connectivity index (χ1) is 52.9. The summed E-state index contributed by atoms with van der Waals surface area (Å²) in [7, 11) is 0. The lowest BCUT2D eigenvalue weighted by Gasteiger charge is -2.65. The number of hydrogen-bond acceptors (Lipinski definition) is 6. The van der Waals surface area contributed by atoms with Gasteiger partial charge in [-0.05, 0) is 438 Å². The third-order valence-electron chi connectivity index (χ3n) is 45.1. The Morgan fingerprint density at radius 1 is 0.304 bits per heavy atom. The molecule has 112 heavy (non-hydrogen) atoms. The predicted molar refractivity (Wildman–Crippen MR) is 475 cm³/mol. The topological polar surface area (TPSA) is 139 Å². The molecule has 648 valence electrons. The largest absolute Gasteiger partial charge is 0.396 e. The smallest absolute Gasteiger partial charge is 0.0431 e. The maximum Gasteiger partial charge on any atom is 0.0431 e. The van der Waals surface area contributed by atoms with Crippen LogP contribution in [0, 0.1) is 239 Å². The molecule has 0 heterocycles. The Morgan fingerprint density at radius 3 is 0.911 bits per heavy atom. The zero-order chi connectivity index (χ0) is 81.1. The van der Waals surface area contributed by atoms with Gasteiger partial charge in [0.2, 0.25) is 0 Å². The highest BCUT2D eigenvalue weighted by molar-refractivity contribution is 5.20. The number of nitrogens with two attached hydrogens (primary N) is 3. The van der Waals surface area contributed by atoms with Gasteiger partial charge in [0.05, 0.1) is 0 Å². The summed E-state index contributed by atoms with van der Waals surface area (Å²) in [4.78, 5) is 0. The highest BCUT2D eigenvalue weighted by Crippen LogP contribution is 2.76. The van der Waals surface area contributed by atoms with Gasteiger partial charge in [-0.3, -0.25) is 0 Å². The first-order valence-corrected chi connectivity index (χ1v) is 51.0.